The summed E-state index contributed by atoms with van der Waals surface area (Å²) in [5, 5.41) is 0. The van der Waals surface area contributed by atoms with E-state index in [0.717, 1.165) is 25.7 Å². The van der Waals surface area contributed by atoms with Crippen molar-refractivity contribution in [3.8, 4) is 0 Å². The maximum Gasteiger partial charge on any atom is 0.244 e. The minimum Gasteiger partial charge on any atom is -0.326 e. The smallest absolute Gasteiger partial charge is 0.244 e. The van der Waals surface area contributed by atoms with Gasteiger partial charge in [0, 0.05) is 25.7 Å². The Morgan fingerprint density at radius 1 is 1.08 bits per heavy atom. The van der Waals surface area contributed by atoms with Crippen LogP contribution in [0.15, 0.2) is 34.1 Å². The predicted molar refractivity (Wildman–Crippen MR) is 90.3 cm³/mol. The second-order valence-electron chi connectivity index (χ2n) is 6.41. The zero-order valence-electron chi connectivity index (χ0n) is 13.4. The molecule has 1 saturated heterocycles. The van der Waals surface area contributed by atoms with Gasteiger partial charge in [-0.3, -0.25) is 0 Å². The van der Waals surface area contributed by atoms with Gasteiger partial charge in [0.25, 0.3) is 0 Å². The van der Waals surface area contributed by atoms with Crippen molar-refractivity contribution in [3.63, 3.8) is 0 Å². The Morgan fingerprint density at radius 2 is 1.67 bits per heavy atom. The first-order chi connectivity index (χ1) is 11.3. The molecule has 1 saturated carbocycles. The van der Waals surface area contributed by atoms with Gasteiger partial charge in [0.1, 0.15) is 9.79 Å². The number of benzene rings is 1. The fourth-order valence-corrected chi connectivity index (χ4v) is 6.32. The van der Waals surface area contributed by atoms with Gasteiger partial charge in [0.15, 0.2) is 0 Å². The molecule has 2 aliphatic rings. The highest BCUT2D eigenvalue weighted by molar-refractivity contribution is 7.92. The van der Waals surface area contributed by atoms with Crippen molar-refractivity contribution in [2.24, 2.45) is 11.7 Å². The van der Waals surface area contributed by atoms with Gasteiger partial charge in [-0.2, -0.15) is 4.31 Å². The Hall–Kier alpha value is -1.00. The third-order valence-corrected chi connectivity index (χ3v) is 8.13. The van der Waals surface area contributed by atoms with Crippen LogP contribution < -0.4 is 10.5 Å². The zero-order valence-corrected chi connectivity index (χ0v) is 15.0. The molecule has 3 N–H and O–H groups in total. The lowest BCUT2D eigenvalue weighted by atomic mass is 10.2. The Balaban J connectivity index is 1.87. The number of nitrogens with two attached hydrogens (primary N) is 1. The van der Waals surface area contributed by atoms with Crippen LogP contribution in [0.2, 0.25) is 0 Å². The molecule has 1 aromatic rings. The van der Waals surface area contributed by atoms with E-state index in [1.807, 2.05) is 0 Å². The molecule has 0 spiro atoms. The van der Waals surface area contributed by atoms with E-state index < -0.39 is 20.0 Å². The topological polar surface area (TPSA) is 110 Å². The van der Waals surface area contributed by atoms with E-state index in [2.05, 4.69) is 4.72 Å². The molecule has 2 fully saturated rings. The molecule has 0 aromatic heterocycles. The van der Waals surface area contributed by atoms with Crippen molar-refractivity contribution < 1.29 is 16.8 Å². The first kappa shape index (κ1) is 17.8. The van der Waals surface area contributed by atoms with Gasteiger partial charge in [-0.15, -0.1) is 0 Å². The van der Waals surface area contributed by atoms with E-state index in [1.165, 1.54) is 28.6 Å². The first-order valence-corrected chi connectivity index (χ1v) is 11.1. The van der Waals surface area contributed by atoms with E-state index in [1.54, 1.807) is 0 Å². The van der Waals surface area contributed by atoms with Crippen LogP contribution in [0.5, 0.6) is 0 Å². The maximum atomic E-state index is 12.8. The minimum atomic E-state index is -3.94. The number of nitrogens with one attached hydrogen (secondary N) is 1. The lowest BCUT2D eigenvalue weighted by molar-refractivity contribution is 0.474. The SMILES string of the molecule is NC(CNS(=O)(=O)c1ccccc1S(=O)(=O)N1CCCC1)C1CC1. The Labute approximate surface area is 143 Å². The molecule has 134 valence electrons. The highest BCUT2D eigenvalue weighted by Gasteiger charge is 2.34. The highest BCUT2D eigenvalue weighted by atomic mass is 32.2. The standard InChI is InChI=1S/C15H23N3O4S2/c16-13(12-7-8-12)11-17-23(19,20)14-5-1-2-6-15(14)24(21,22)18-9-3-4-10-18/h1-2,5-6,12-13,17H,3-4,7-11,16H2. The van der Waals surface area contributed by atoms with Crippen LogP contribution in [0, 0.1) is 5.92 Å². The number of nitrogens with zero attached hydrogens (tertiary/aromatic N) is 1. The van der Waals surface area contributed by atoms with Crippen LogP contribution in [0.4, 0.5) is 0 Å². The van der Waals surface area contributed by atoms with Crippen molar-refractivity contribution in [2.75, 3.05) is 19.6 Å². The van der Waals surface area contributed by atoms with Crippen molar-refractivity contribution >= 4 is 20.0 Å². The Kier molecular flexibility index (Phi) is 4.99. The average Bonchev–Trinajstić information content (AvgIpc) is 3.26. The summed E-state index contributed by atoms with van der Waals surface area (Å²) in [6, 6.07) is 5.51. The predicted octanol–water partition coefficient (Wildman–Crippen LogP) is 0.487. The van der Waals surface area contributed by atoms with Gasteiger partial charge in [-0.25, -0.2) is 21.6 Å². The van der Waals surface area contributed by atoms with Crippen molar-refractivity contribution in [3.05, 3.63) is 24.3 Å². The van der Waals surface area contributed by atoms with Crippen molar-refractivity contribution in [2.45, 2.75) is 41.5 Å². The van der Waals surface area contributed by atoms with Gasteiger partial charge >= 0.3 is 0 Å². The summed E-state index contributed by atoms with van der Waals surface area (Å²) in [7, 11) is -7.75. The summed E-state index contributed by atoms with van der Waals surface area (Å²) >= 11 is 0. The van der Waals surface area contributed by atoms with E-state index in [0.29, 0.717) is 19.0 Å². The number of hydrogen-bond donors (Lipinski definition) is 2. The normalized spacial score (nSPS) is 21.0. The van der Waals surface area contributed by atoms with E-state index in [9.17, 15) is 16.8 Å². The van der Waals surface area contributed by atoms with E-state index >= 15 is 0 Å². The largest absolute Gasteiger partial charge is 0.326 e. The molecule has 0 bridgehead atoms. The van der Waals surface area contributed by atoms with Crippen LogP contribution in [-0.4, -0.2) is 46.8 Å². The van der Waals surface area contributed by atoms with Gasteiger partial charge in [0.2, 0.25) is 20.0 Å². The maximum absolute atomic E-state index is 12.8. The molecule has 1 aliphatic heterocycles. The van der Waals surface area contributed by atoms with Gasteiger partial charge in [-0.05, 0) is 43.7 Å². The molecule has 24 heavy (non-hydrogen) atoms. The third-order valence-electron chi connectivity index (χ3n) is 4.56. The van der Waals surface area contributed by atoms with Gasteiger partial charge in [0.05, 0.1) is 0 Å². The molecular weight excluding hydrogens is 350 g/mol. The van der Waals surface area contributed by atoms with Gasteiger partial charge < -0.3 is 5.73 Å². The van der Waals surface area contributed by atoms with Crippen molar-refractivity contribution in [1.82, 2.24) is 9.03 Å². The molecule has 1 atom stereocenters. The minimum absolute atomic E-state index is 0.116. The summed E-state index contributed by atoms with van der Waals surface area (Å²) < 4.78 is 54.6. The van der Waals surface area contributed by atoms with Crippen LogP contribution in [0.3, 0.4) is 0 Å². The summed E-state index contributed by atoms with van der Waals surface area (Å²) in [5.74, 6) is 0.358. The summed E-state index contributed by atoms with van der Waals surface area (Å²) in [5.41, 5.74) is 5.93. The Morgan fingerprint density at radius 3 is 2.25 bits per heavy atom. The third kappa shape index (κ3) is 3.65. The summed E-state index contributed by atoms with van der Waals surface area (Å²) in [6.07, 6.45) is 3.62. The average molecular weight is 374 g/mol. The van der Waals surface area contributed by atoms with E-state index in [4.69, 9.17) is 5.73 Å². The van der Waals surface area contributed by atoms with Crippen LogP contribution in [0.1, 0.15) is 25.7 Å². The monoisotopic (exact) mass is 373 g/mol. The van der Waals surface area contributed by atoms with Crippen molar-refractivity contribution in [1.29, 1.82) is 0 Å². The molecule has 7 nitrogen and oxygen atoms in total. The second kappa shape index (κ2) is 6.72. The second-order valence-corrected chi connectivity index (χ2v) is 10.1. The first-order valence-electron chi connectivity index (χ1n) is 8.17. The molecule has 1 aromatic carbocycles. The molecule has 1 aliphatic carbocycles. The van der Waals surface area contributed by atoms with E-state index in [-0.39, 0.29) is 22.4 Å². The van der Waals surface area contributed by atoms with Crippen LogP contribution >= 0.6 is 0 Å². The zero-order chi connectivity index (χ0) is 17.4. The highest BCUT2D eigenvalue weighted by Crippen LogP contribution is 2.31. The fraction of sp³-hybridized carbons (Fsp3) is 0.600. The molecule has 9 heteroatoms. The Bertz CT molecular complexity index is 798. The summed E-state index contributed by atoms with van der Waals surface area (Å²) in [4.78, 5) is -0.376. The molecule has 0 radical (unpaired) electrons. The molecule has 0 amide bonds. The number of hydrogen-bond acceptors (Lipinski definition) is 5. The fourth-order valence-electron chi connectivity index (χ4n) is 2.93. The lowest BCUT2D eigenvalue weighted by Crippen LogP contribution is -2.39. The molecule has 3 rings (SSSR count). The van der Waals surface area contributed by atoms with Crippen LogP contribution in [-0.2, 0) is 20.0 Å². The number of sulfonamides is 2. The number of rotatable bonds is 7. The summed E-state index contributed by atoms with van der Waals surface area (Å²) in [6.45, 7) is 0.971. The molecule has 1 heterocycles. The van der Waals surface area contributed by atoms with Crippen LogP contribution in [0.25, 0.3) is 0 Å². The molecular formula is C15H23N3O4S2. The molecule has 1 unspecified atom stereocenters. The lowest BCUT2D eigenvalue weighted by Gasteiger charge is -2.19. The van der Waals surface area contributed by atoms with Gasteiger partial charge in [-0.1, -0.05) is 12.1 Å². The quantitative estimate of drug-likeness (QED) is 0.723.